The third kappa shape index (κ3) is 1.42. The highest BCUT2D eigenvalue weighted by molar-refractivity contribution is 6.06. The Labute approximate surface area is 122 Å². The number of likely N-dealkylation sites (tertiary alicyclic amines) is 1. The lowest BCUT2D eigenvalue weighted by atomic mass is 9.63. The minimum atomic E-state index is -0.0899. The Hall–Kier alpha value is -1.97. The fraction of sp³-hybridized carbons (Fsp3) is 0.471. The maximum atomic E-state index is 12.8. The van der Waals surface area contributed by atoms with Crippen LogP contribution in [0.4, 0.5) is 0 Å². The lowest BCUT2D eigenvalue weighted by Gasteiger charge is -2.37. The van der Waals surface area contributed by atoms with E-state index in [9.17, 15) is 9.59 Å². The van der Waals surface area contributed by atoms with Gasteiger partial charge in [0.05, 0.1) is 18.4 Å². The van der Waals surface area contributed by atoms with Crippen LogP contribution in [0.3, 0.4) is 0 Å². The summed E-state index contributed by atoms with van der Waals surface area (Å²) in [5.74, 6) is 1.84. The van der Waals surface area contributed by atoms with Crippen molar-refractivity contribution in [3.05, 3.63) is 42.2 Å². The quantitative estimate of drug-likeness (QED) is 0.611. The van der Waals surface area contributed by atoms with Crippen molar-refractivity contribution < 1.29 is 9.59 Å². The molecule has 1 aromatic rings. The molecule has 0 unspecified atom stereocenters. The summed E-state index contributed by atoms with van der Waals surface area (Å²) in [6.45, 7) is 0.368. The van der Waals surface area contributed by atoms with Crippen LogP contribution < -0.4 is 0 Å². The van der Waals surface area contributed by atoms with Crippen LogP contribution in [0.25, 0.3) is 0 Å². The summed E-state index contributed by atoms with van der Waals surface area (Å²) in [5.41, 5.74) is 0.920. The van der Waals surface area contributed by atoms with Gasteiger partial charge >= 0.3 is 0 Å². The third-order valence-corrected chi connectivity index (χ3v) is 5.82. The van der Waals surface area contributed by atoms with Gasteiger partial charge in [-0.25, -0.2) is 0 Å². The van der Waals surface area contributed by atoms with Crippen molar-refractivity contribution in [2.24, 2.45) is 35.5 Å². The Balaban J connectivity index is 1.49. The Bertz CT molecular complexity index is 633. The average Bonchev–Trinajstić information content (AvgIpc) is 3.30. The van der Waals surface area contributed by atoms with Crippen molar-refractivity contribution in [1.82, 2.24) is 9.88 Å². The van der Waals surface area contributed by atoms with Gasteiger partial charge in [-0.2, -0.15) is 0 Å². The lowest BCUT2D eigenvalue weighted by Crippen LogP contribution is -2.40. The van der Waals surface area contributed by atoms with Crippen LogP contribution in [0.15, 0.2) is 36.7 Å². The number of amides is 2. The van der Waals surface area contributed by atoms with Crippen LogP contribution in [-0.4, -0.2) is 21.7 Å². The van der Waals surface area contributed by atoms with Crippen molar-refractivity contribution in [2.75, 3.05) is 0 Å². The Morgan fingerprint density at radius 2 is 1.76 bits per heavy atom. The van der Waals surface area contributed by atoms with Crippen LogP contribution in [0, 0.1) is 35.5 Å². The molecule has 0 aromatic carbocycles. The molecule has 5 aliphatic rings. The van der Waals surface area contributed by atoms with Gasteiger partial charge in [0.2, 0.25) is 11.8 Å². The molecule has 4 aliphatic carbocycles. The SMILES string of the molecule is O=C1[C@H]2[C@@H]3C=C[C@H]([C@H]4C[C@H]34)[C@@H]2C(=O)N1Cc1cccnc1. The molecule has 2 heterocycles. The standard InChI is InChI=1S/C17H16N2O2/c20-16-14-10-3-4-11(13-6-12(10)13)15(14)17(21)19(16)8-9-2-1-5-18-7-9/h1-5,7,10-15H,6,8H2/t10-,11-,12-,13-,14+,15+/m1/s1. The van der Waals surface area contributed by atoms with Crippen LogP contribution >= 0.6 is 0 Å². The number of hydrogen-bond acceptors (Lipinski definition) is 3. The average molecular weight is 280 g/mol. The van der Waals surface area contributed by atoms with E-state index in [1.165, 1.54) is 11.3 Å². The first-order valence-corrected chi connectivity index (χ1v) is 7.68. The van der Waals surface area contributed by atoms with E-state index < -0.39 is 0 Å². The number of carbonyl (C=O) groups is 2. The van der Waals surface area contributed by atoms with Gasteiger partial charge in [-0.3, -0.25) is 19.5 Å². The van der Waals surface area contributed by atoms with Crippen molar-refractivity contribution >= 4 is 11.8 Å². The molecule has 4 nitrogen and oxygen atoms in total. The predicted molar refractivity (Wildman–Crippen MR) is 74.5 cm³/mol. The van der Waals surface area contributed by atoms with Gasteiger partial charge in [0, 0.05) is 12.4 Å². The van der Waals surface area contributed by atoms with Crippen LogP contribution in [0.1, 0.15) is 12.0 Å². The summed E-state index contributed by atoms with van der Waals surface area (Å²) >= 11 is 0. The van der Waals surface area contributed by atoms with Gasteiger partial charge in [0.25, 0.3) is 0 Å². The molecule has 6 atom stereocenters. The summed E-state index contributed by atoms with van der Waals surface area (Å²) in [6.07, 6.45) is 9.05. The topological polar surface area (TPSA) is 50.3 Å². The molecular formula is C17H16N2O2. The molecule has 0 radical (unpaired) electrons. The zero-order valence-electron chi connectivity index (χ0n) is 11.6. The highest BCUT2D eigenvalue weighted by Crippen LogP contribution is 2.65. The van der Waals surface area contributed by atoms with E-state index in [1.54, 1.807) is 12.4 Å². The number of carbonyl (C=O) groups excluding carboxylic acids is 2. The summed E-state index contributed by atoms with van der Waals surface area (Å²) in [6, 6.07) is 3.76. The summed E-state index contributed by atoms with van der Waals surface area (Å²) < 4.78 is 0. The fourth-order valence-electron chi connectivity index (χ4n) is 4.85. The number of hydrogen-bond donors (Lipinski definition) is 0. The normalized spacial score (nSPS) is 42.2. The van der Waals surface area contributed by atoms with Crippen molar-refractivity contribution in [3.8, 4) is 0 Å². The molecule has 2 bridgehead atoms. The molecule has 1 aliphatic heterocycles. The van der Waals surface area contributed by atoms with E-state index in [-0.39, 0.29) is 23.7 Å². The number of aromatic nitrogens is 1. The highest BCUT2D eigenvalue weighted by Gasteiger charge is 2.66. The second-order valence-electron chi connectivity index (χ2n) is 6.78. The number of rotatable bonds is 2. The maximum Gasteiger partial charge on any atom is 0.234 e. The molecule has 0 N–H and O–H groups in total. The first-order valence-electron chi connectivity index (χ1n) is 7.68. The zero-order chi connectivity index (χ0) is 14.1. The first kappa shape index (κ1) is 11.7. The van der Waals surface area contributed by atoms with E-state index >= 15 is 0 Å². The minimum absolute atomic E-state index is 0.0403. The van der Waals surface area contributed by atoms with E-state index in [2.05, 4.69) is 17.1 Å². The fourth-order valence-corrected chi connectivity index (χ4v) is 4.85. The molecule has 1 aromatic heterocycles. The van der Waals surface area contributed by atoms with Crippen LogP contribution in [-0.2, 0) is 16.1 Å². The van der Waals surface area contributed by atoms with Gasteiger partial charge < -0.3 is 0 Å². The number of pyridine rings is 1. The van der Waals surface area contributed by atoms with Gasteiger partial charge in [-0.1, -0.05) is 18.2 Å². The number of nitrogens with zero attached hydrogens (tertiary/aromatic N) is 2. The molecule has 1 saturated heterocycles. The molecular weight excluding hydrogens is 264 g/mol. The molecule has 106 valence electrons. The lowest BCUT2D eigenvalue weighted by molar-refractivity contribution is -0.140. The minimum Gasteiger partial charge on any atom is -0.278 e. The van der Waals surface area contributed by atoms with Gasteiger partial charge in [0.15, 0.2) is 0 Å². The molecule has 0 spiro atoms. The second-order valence-corrected chi connectivity index (χ2v) is 6.78. The highest BCUT2D eigenvalue weighted by atomic mass is 16.2. The summed E-state index contributed by atoms with van der Waals surface area (Å²) in [7, 11) is 0. The summed E-state index contributed by atoms with van der Waals surface area (Å²) in [5, 5.41) is 0. The largest absolute Gasteiger partial charge is 0.278 e. The third-order valence-electron chi connectivity index (χ3n) is 5.82. The predicted octanol–water partition coefficient (Wildman–Crippen LogP) is 1.63. The smallest absolute Gasteiger partial charge is 0.234 e. The van der Waals surface area contributed by atoms with Crippen LogP contribution in [0.5, 0.6) is 0 Å². The maximum absolute atomic E-state index is 12.8. The van der Waals surface area contributed by atoms with Crippen LogP contribution in [0.2, 0.25) is 0 Å². The number of allylic oxidation sites excluding steroid dienone is 2. The van der Waals surface area contributed by atoms with E-state index in [4.69, 9.17) is 0 Å². The molecule has 2 saturated carbocycles. The first-order chi connectivity index (χ1) is 10.3. The zero-order valence-corrected chi connectivity index (χ0v) is 11.6. The Kier molecular flexibility index (Phi) is 2.12. The van der Waals surface area contributed by atoms with Gasteiger partial charge in [-0.05, 0) is 41.7 Å². The summed E-state index contributed by atoms with van der Waals surface area (Å²) in [4.78, 5) is 31.1. The van der Waals surface area contributed by atoms with Gasteiger partial charge in [0.1, 0.15) is 0 Å². The van der Waals surface area contributed by atoms with E-state index in [0.29, 0.717) is 30.2 Å². The Morgan fingerprint density at radius 1 is 1.10 bits per heavy atom. The molecule has 6 rings (SSSR count). The van der Waals surface area contributed by atoms with E-state index in [1.807, 2.05) is 12.1 Å². The molecule has 2 amide bonds. The second kappa shape index (κ2) is 3.81. The van der Waals surface area contributed by atoms with Gasteiger partial charge in [-0.15, -0.1) is 0 Å². The van der Waals surface area contributed by atoms with Crippen molar-refractivity contribution in [2.45, 2.75) is 13.0 Å². The molecule has 4 heteroatoms. The molecule has 21 heavy (non-hydrogen) atoms. The molecule has 3 fully saturated rings. The Morgan fingerprint density at radius 3 is 2.33 bits per heavy atom. The van der Waals surface area contributed by atoms with Crippen molar-refractivity contribution in [3.63, 3.8) is 0 Å². The van der Waals surface area contributed by atoms with Crippen molar-refractivity contribution in [1.29, 1.82) is 0 Å². The number of imide groups is 1. The monoisotopic (exact) mass is 280 g/mol. The van der Waals surface area contributed by atoms with E-state index in [0.717, 1.165) is 5.56 Å².